The molecular weight excluding hydrogens is 246 g/mol. The van der Waals surface area contributed by atoms with Crippen LogP contribution in [0.4, 0.5) is 0 Å². The van der Waals surface area contributed by atoms with Crippen LogP contribution in [0.25, 0.3) is 0 Å². The highest BCUT2D eigenvalue weighted by molar-refractivity contribution is 5.85. The summed E-state index contributed by atoms with van der Waals surface area (Å²) in [6.45, 7) is 8.79. The highest BCUT2D eigenvalue weighted by atomic mass is 35.5. The van der Waals surface area contributed by atoms with Crippen molar-refractivity contribution in [2.45, 2.75) is 45.1 Å². The topological polar surface area (TPSA) is 21.3 Å². The molecule has 1 saturated heterocycles. The lowest BCUT2D eigenvalue weighted by atomic mass is 9.87. The molecule has 1 aliphatic rings. The third-order valence-electron chi connectivity index (χ3n) is 3.25. The molecule has 1 aliphatic heterocycles. The van der Waals surface area contributed by atoms with Gasteiger partial charge in [0.25, 0.3) is 0 Å². The van der Waals surface area contributed by atoms with Crippen LogP contribution >= 0.6 is 12.4 Å². The van der Waals surface area contributed by atoms with Crippen LogP contribution < -0.4 is 10.1 Å². The summed E-state index contributed by atoms with van der Waals surface area (Å²) in [5.41, 5.74) is 1.52. The number of rotatable bonds is 2. The molecule has 1 N–H and O–H groups in total. The Kier molecular flexibility index (Phi) is 5.48. The quantitative estimate of drug-likeness (QED) is 0.887. The summed E-state index contributed by atoms with van der Waals surface area (Å²) in [4.78, 5) is 0. The van der Waals surface area contributed by atoms with Gasteiger partial charge in [0.2, 0.25) is 0 Å². The first-order valence-electron chi connectivity index (χ1n) is 6.53. The molecule has 0 radical (unpaired) electrons. The molecule has 0 amide bonds. The number of hydrogen-bond donors (Lipinski definition) is 1. The Morgan fingerprint density at radius 2 is 2.06 bits per heavy atom. The van der Waals surface area contributed by atoms with E-state index in [1.807, 2.05) is 0 Å². The van der Waals surface area contributed by atoms with Gasteiger partial charge in [0.1, 0.15) is 11.9 Å². The third-order valence-corrected chi connectivity index (χ3v) is 3.25. The maximum Gasteiger partial charge on any atom is 0.120 e. The van der Waals surface area contributed by atoms with Crippen molar-refractivity contribution in [1.82, 2.24) is 5.32 Å². The van der Waals surface area contributed by atoms with Crippen LogP contribution in [0, 0.1) is 0 Å². The molecule has 1 aromatic rings. The Balaban J connectivity index is 0.00000162. The van der Waals surface area contributed by atoms with Crippen molar-refractivity contribution in [3.8, 4) is 5.75 Å². The van der Waals surface area contributed by atoms with Crippen LogP contribution in [0.5, 0.6) is 5.75 Å². The van der Waals surface area contributed by atoms with E-state index in [0.717, 1.165) is 25.3 Å². The van der Waals surface area contributed by atoms with E-state index in [9.17, 15) is 0 Å². The van der Waals surface area contributed by atoms with Gasteiger partial charge < -0.3 is 10.1 Å². The Morgan fingerprint density at radius 3 is 2.67 bits per heavy atom. The molecule has 1 aromatic carbocycles. The van der Waals surface area contributed by atoms with Gasteiger partial charge >= 0.3 is 0 Å². The molecule has 2 nitrogen and oxygen atoms in total. The van der Waals surface area contributed by atoms with Crippen LogP contribution in [0.1, 0.15) is 39.2 Å². The molecule has 0 spiro atoms. The SMILES string of the molecule is CC(C)(C)c1cccc(OC2CCCNC2)c1.Cl. The first-order valence-corrected chi connectivity index (χ1v) is 6.53. The first kappa shape index (κ1) is 15.3. The molecule has 2 rings (SSSR count). The number of halogens is 1. The fraction of sp³-hybridized carbons (Fsp3) is 0.600. The highest BCUT2D eigenvalue weighted by Gasteiger charge is 2.17. The Bertz CT molecular complexity index is 367. The Labute approximate surface area is 117 Å². The molecule has 102 valence electrons. The van der Waals surface area contributed by atoms with Gasteiger partial charge in [-0.15, -0.1) is 12.4 Å². The normalized spacial score (nSPS) is 20.1. The van der Waals surface area contributed by atoms with Gasteiger partial charge in [0.05, 0.1) is 0 Å². The van der Waals surface area contributed by atoms with Gasteiger partial charge in [-0.3, -0.25) is 0 Å². The zero-order chi connectivity index (χ0) is 12.3. The molecule has 1 fully saturated rings. The average Bonchev–Trinajstić information content (AvgIpc) is 2.29. The van der Waals surface area contributed by atoms with E-state index in [-0.39, 0.29) is 17.8 Å². The molecule has 0 aromatic heterocycles. The highest BCUT2D eigenvalue weighted by Crippen LogP contribution is 2.26. The van der Waals surface area contributed by atoms with Crippen molar-refractivity contribution < 1.29 is 4.74 Å². The second kappa shape index (κ2) is 6.44. The number of ether oxygens (including phenoxy) is 1. The van der Waals surface area contributed by atoms with Gasteiger partial charge in [-0.2, -0.15) is 0 Å². The van der Waals surface area contributed by atoms with Crippen LogP contribution in [-0.4, -0.2) is 19.2 Å². The molecule has 3 heteroatoms. The van der Waals surface area contributed by atoms with Crippen LogP contribution in [0.2, 0.25) is 0 Å². The minimum Gasteiger partial charge on any atom is -0.489 e. The van der Waals surface area contributed by atoms with Gasteiger partial charge in [0, 0.05) is 6.54 Å². The molecule has 0 saturated carbocycles. The van der Waals surface area contributed by atoms with E-state index in [1.54, 1.807) is 0 Å². The van der Waals surface area contributed by atoms with Crippen molar-refractivity contribution in [2.75, 3.05) is 13.1 Å². The summed E-state index contributed by atoms with van der Waals surface area (Å²) >= 11 is 0. The van der Waals surface area contributed by atoms with Crippen molar-refractivity contribution >= 4 is 12.4 Å². The predicted octanol–water partition coefficient (Wildman–Crippen LogP) is 3.54. The van der Waals surface area contributed by atoms with Crippen molar-refractivity contribution in [3.05, 3.63) is 29.8 Å². The largest absolute Gasteiger partial charge is 0.489 e. The second-order valence-electron chi connectivity index (χ2n) is 5.86. The monoisotopic (exact) mass is 269 g/mol. The molecule has 18 heavy (non-hydrogen) atoms. The van der Waals surface area contributed by atoms with Gasteiger partial charge in [-0.1, -0.05) is 32.9 Å². The zero-order valence-electron chi connectivity index (χ0n) is 11.5. The molecule has 1 unspecified atom stereocenters. The summed E-state index contributed by atoms with van der Waals surface area (Å²) in [5, 5.41) is 3.37. The average molecular weight is 270 g/mol. The molecular formula is C15H24ClNO. The van der Waals surface area contributed by atoms with E-state index >= 15 is 0 Å². The summed E-state index contributed by atoms with van der Waals surface area (Å²) in [7, 11) is 0. The summed E-state index contributed by atoms with van der Waals surface area (Å²) < 4.78 is 6.03. The third kappa shape index (κ3) is 4.18. The summed E-state index contributed by atoms with van der Waals surface area (Å²) in [5.74, 6) is 1.01. The molecule has 1 atom stereocenters. The predicted molar refractivity (Wildman–Crippen MR) is 78.9 cm³/mol. The Morgan fingerprint density at radius 1 is 1.28 bits per heavy atom. The van der Waals surface area contributed by atoms with Crippen LogP contribution in [-0.2, 0) is 5.41 Å². The lowest BCUT2D eigenvalue weighted by Gasteiger charge is -2.25. The summed E-state index contributed by atoms with van der Waals surface area (Å²) in [6, 6.07) is 8.50. The fourth-order valence-corrected chi connectivity index (χ4v) is 2.15. The fourth-order valence-electron chi connectivity index (χ4n) is 2.15. The van der Waals surface area contributed by atoms with E-state index < -0.39 is 0 Å². The smallest absolute Gasteiger partial charge is 0.120 e. The minimum absolute atomic E-state index is 0. The number of hydrogen-bond acceptors (Lipinski definition) is 2. The van der Waals surface area contributed by atoms with Crippen molar-refractivity contribution in [1.29, 1.82) is 0 Å². The first-order chi connectivity index (χ1) is 8.05. The lowest BCUT2D eigenvalue weighted by Crippen LogP contribution is -2.37. The van der Waals surface area contributed by atoms with Gasteiger partial charge in [-0.25, -0.2) is 0 Å². The standard InChI is InChI=1S/C15H23NO.ClH/c1-15(2,3)12-6-4-7-13(10-12)17-14-8-5-9-16-11-14;/h4,6-7,10,14,16H,5,8-9,11H2,1-3H3;1H. The molecule has 0 aliphatic carbocycles. The van der Waals surface area contributed by atoms with Crippen LogP contribution in [0.3, 0.4) is 0 Å². The maximum absolute atomic E-state index is 6.03. The Hall–Kier alpha value is -0.730. The van der Waals surface area contributed by atoms with E-state index in [0.29, 0.717) is 6.10 Å². The lowest BCUT2D eigenvalue weighted by molar-refractivity contribution is 0.167. The maximum atomic E-state index is 6.03. The summed E-state index contributed by atoms with van der Waals surface area (Å²) in [6.07, 6.45) is 2.70. The van der Waals surface area contributed by atoms with E-state index in [1.165, 1.54) is 12.0 Å². The number of benzene rings is 1. The molecule has 1 heterocycles. The van der Waals surface area contributed by atoms with Crippen molar-refractivity contribution in [2.24, 2.45) is 0 Å². The molecule has 0 bridgehead atoms. The minimum atomic E-state index is 0. The van der Waals surface area contributed by atoms with E-state index in [4.69, 9.17) is 4.74 Å². The zero-order valence-corrected chi connectivity index (χ0v) is 12.3. The number of nitrogens with one attached hydrogen (secondary N) is 1. The number of piperidine rings is 1. The van der Waals surface area contributed by atoms with Gasteiger partial charge in [-0.05, 0) is 42.5 Å². The second-order valence-corrected chi connectivity index (χ2v) is 5.86. The van der Waals surface area contributed by atoms with E-state index in [2.05, 4.69) is 50.4 Å². The van der Waals surface area contributed by atoms with Crippen molar-refractivity contribution in [3.63, 3.8) is 0 Å². The van der Waals surface area contributed by atoms with Crippen LogP contribution in [0.15, 0.2) is 24.3 Å². The van der Waals surface area contributed by atoms with Gasteiger partial charge in [0.15, 0.2) is 0 Å².